The average Bonchev–Trinajstić information content (AvgIpc) is 3.23. The van der Waals surface area contributed by atoms with Gasteiger partial charge in [0.25, 0.3) is 0 Å². The van der Waals surface area contributed by atoms with Crippen LogP contribution in [0.5, 0.6) is 0 Å². The number of rotatable bonds is 6. The van der Waals surface area contributed by atoms with E-state index in [-0.39, 0.29) is 18.9 Å². The molecule has 0 aliphatic heterocycles. The van der Waals surface area contributed by atoms with E-state index in [1.165, 1.54) is 0 Å². The summed E-state index contributed by atoms with van der Waals surface area (Å²) in [5.74, 6) is 1.48. The molecule has 3 rings (SSSR count). The summed E-state index contributed by atoms with van der Waals surface area (Å²) >= 11 is 0. The molecule has 3 aromatic rings. The van der Waals surface area contributed by atoms with Gasteiger partial charge in [0.1, 0.15) is 17.1 Å². The van der Waals surface area contributed by atoms with Crippen LogP contribution in [0.2, 0.25) is 0 Å². The van der Waals surface area contributed by atoms with Crippen LogP contribution in [0.1, 0.15) is 24.1 Å². The molecule has 0 aliphatic carbocycles. The van der Waals surface area contributed by atoms with Crippen LogP contribution in [0.15, 0.2) is 57.5 Å². The molecule has 130 valence electrons. The zero-order chi connectivity index (χ0) is 17.9. The standard InChI is InChI=1S/C19H20N2O4/c1-13-8-9-17(24-13)19(2,23)12-20-18(22)11-15-10-16(25-21-15)14-6-4-3-5-7-14/h3-10,23H,11-12H2,1-2H3,(H,20,22)/t19-/m0/s1. The molecule has 2 aromatic heterocycles. The van der Waals surface area contributed by atoms with Crippen molar-refractivity contribution in [3.8, 4) is 11.3 Å². The van der Waals surface area contributed by atoms with E-state index < -0.39 is 5.60 Å². The molecule has 25 heavy (non-hydrogen) atoms. The highest BCUT2D eigenvalue weighted by Crippen LogP contribution is 2.22. The average molecular weight is 340 g/mol. The molecule has 0 aliphatic rings. The van der Waals surface area contributed by atoms with E-state index in [0.29, 0.717) is 23.0 Å². The van der Waals surface area contributed by atoms with Gasteiger partial charge in [0.05, 0.1) is 18.7 Å². The lowest BCUT2D eigenvalue weighted by atomic mass is 10.0. The van der Waals surface area contributed by atoms with E-state index in [1.54, 1.807) is 32.0 Å². The molecule has 6 nitrogen and oxygen atoms in total. The summed E-state index contributed by atoms with van der Waals surface area (Å²) < 4.78 is 10.7. The lowest BCUT2D eigenvalue weighted by molar-refractivity contribution is -0.121. The number of nitrogens with zero attached hydrogens (tertiary/aromatic N) is 1. The number of aliphatic hydroxyl groups is 1. The molecule has 1 aromatic carbocycles. The lowest BCUT2D eigenvalue weighted by Gasteiger charge is -2.21. The van der Waals surface area contributed by atoms with Crippen LogP contribution in [-0.4, -0.2) is 22.7 Å². The first kappa shape index (κ1) is 17.0. The summed E-state index contributed by atoms with van der Waals surface area (Å²) in [5.41, 5.74) is 0.158. The third-order valence-corrected chi connectivity index (χ3v) is 3.86. The first-order valence-electron chi connectivity index (χ1n) is 8.01. The Balaban J connectivity index is 1.57. The Morgan fingerprint density at radius 2 is 2.00 bits per heavy atom. The fraction of sp³-hybridized carbons (Fsp3) is 0.263. The third kappa shape index (κ3) is 4.16. The summed E-state index contributed by atoms with van der Waals surface area (Å²) in [6, 6.07) is 14.8. The van der Waals surface area contributed by atoms with Crippen LogP contribution >= 0.6 is 0 Å². The number of carbonyl (C=O) groups excluding carboxylic acids is 1. The van der Waals surface area contributed by atoms with Crippen molar-refractivity contribution in [3.05, 3.63) is 65.7 Å². The van der Waals surface area contributed by atoms with E-state index >= 15 is 0 Å². The SMILES string of the molecule is Cc1ccc([C@@](C)(O)CNC(=O)Cc2cc(-c3ccccc3)on2)o1. The highest BCUT2D eigenvalue weighted by molar-refractivity contribution is 5.78. The maximum Gasteiger partial charge on any atom is 0.226 e. The predicted molar refractivity (Wildman–Crippen MR) is 91.7 cm³/mol. The third-order valence-electron chi connectivity index (χ3n) is 3.86. The van der Waals surface area contributed by atoms with E-state index in [9.17, 15) is 9.90 Å². The Kier molecular flexibility index (Phi) is 4.72. The van der Waals surface area contributed by atoms with Gasteiger partial charge in [-0.25, -0.2) is 0 Å². The largest absolute Gasteiger partial charge is 0.463 e. The Labute approximate surface area is 145 Å². The van der Waals surface area contributed by atoms with Crippen LogP contribution in [-0.2, 0) is 16.8 Å². The monoisotopic (exact) mass is 340 g/mol. The number of hydrogen-bond donors (Lipinski definition) is 2. The summed E-state index contributed by atoms with van der Waals surface area (Å²) in [4.78, 5) is 12.1. The second-order valence-electron chi connectivity index (χ2n) is 6.19. The van der Waals surface area contributed by atoms with Gasteiger partial charge in [-0.2, -0.15) is 0 Å². The molecular formula is C19H20N2O4. The summed E-state index contributed by atoms with van der Waals surface area (Å²) in [6.45, 7) is 3.43. The highest BCUT2D eigenvalue weighted by Gasteiger charge is 2.27. The number of aryl methyl sites for hydroxylation is 1. The molecule has 1 atom stereocenters. The van der Waals surface area contributed by atoms with Crippen molar-refractivity contribution < 1.29 is 18.8 Å². The van der Waals surface area contributed by atoms with Crippen LogP contribution in [0.4, 0.5) is 0 Å². The van der Waals surface area contributed by atoms with Gasteiger partial charge in [-0.3, -0.25) is 4.79 Å². The van der Waals surface area contributed by atoms with Crippen LogP contribution in [0, 0.1) is 6.92 Å². The van der Waals surface area contributed by atoms with Crippen molar-refractivity contribution in [2.75, 3.05) is 6.54 Å². The summed E-state index contributed by atoms with van der Waals surface area (Å²) in [5, 5.41) is 17.0. The number of carbonyl (C=O) groups is 1. The van der Waals surface area contributed by atoms with Gasteiger partial charge in [-0.05, 0) is 26.0 Å². The van der Waals surface area contributed by atoms with Gasteiger partial charge >= 0.3 is 0 Å². The van der Waals surface area contributed by atoms with Gasteiger partial charge in [-0.15, -0.1) is 0 Å². The molecule has 0 fully saturated rings. The summed E-state index contributed by atoms with van der Waals surface area (Å²) in [7, 11) is 0. The maximum absolute atomic E-state index is 12.1. The van der Waals surface area contributed by atoms with E-state index in [1.807, 2.05) is 30.3 Å². The van der Waals surface area contributed by atoms with Crippen molar-refractivity contribution >= 4 is 5.91 Å². The highest BCUT2D eigenvalue weighted by atomic mass is 16.5. The Morgan fingerprint density at radius 3 is 2.68 bits per heavy atom. The minimum absolute atomic E-state index is 0.0438. The smallest absolute Gasteiger partial charge is 0.226 e. The number of furan rings is 1. The minimum Gasteiger partial charge on any atom is -0.463 e. The maximum atomic E-state index is 12.1. The topological polar surface area (TPSA) is 88.5 Å². The van der Waals surface area contributed by atoms with E-state index in [0.717, 1.165) is 5.56 Å². The molecule has 2 heterocycles. The number of aromatic nitrogens is 1. The van der Waals surface area contributed by atoms with Crippen molar-refractivity contribution in [2.24, 2.45) is 0 Å². The molecule has 0 spiro atoms. The first-order chi connectivity index (χ1) is 11.9. The molecule has 0 bridgehead atoms. The van der Waals surface area contributed by atoms with Gasteiger partial charge in [0, 0.05) is 11.6 Å². The van der Waals surface area contributed by atoms with Crippen molar-refractivity contribution in [3.63, 3.8) is 0 Å². The number of benzene rings is 1. The van der Waals surface area contributed by atoms with E-state index in [4.69, 9.17) is 8.94 Å². The van der Waals surface area contributed by atoms with Crippen LogP contribution < -0.4 is 5.32 Å². The minimum atomic E-state index is -1.27. The van der Waals surface area contributed by atoms with Gasteiger partial charge < -0.3 is 19.4 Å². The van der Waals surface area contributed by atoms with Gasteiger partial charge in [-0.1, -0.05) is 35.5 Å². The molecular weight excluding hydrogens is 320 g/mol. The Hall–Kier alpha value is -2.86. The van der Waals surface area contributed by atoms with Crippen molar-refractivity contribution in [2.45, 2.75) is 25.9 Å². The molecule has 6 heteroatoms. The lowest BCUT2D eigenvalue weighted by Crippen LogP contribution is -2.39. The molecule has 1 amide bonds. The van der Waals surface area contributed by atoms with Gasteiger partial charge in [0.2, 0.25) is 5.91 Å². The second-order valence-corrected chi connectivity index (χ2v) is 6.19. The quantitative estimate of drug-likeness (QED) is 0.720. The second kappa shape index (κ2) is 6.94. The molecule has 0 radical (unpaired) electrons. The van der Waals surface area contributed by atoms with Crippen molar-refractivity contribution in [1.29, 1.82) is 0 Å². The summed E-state index contributed by atoms with van der Waals surface area (Å²) in [6.07, 6.45) is 0.0730. The Morgan fingerprint density at radius 1 is 1.24 bits per heavy atom. The van der Waals surface area contributed by atoms with Crippen molar-refractivity contribution in [1.82, 2.24) is 10.5 Å². The zero-order valence-electron chi connectivity index (χ0n) is 14.2. The van der Waals surface area contributed by atoms with Gasteiger partial charge in [0.15, 0.2) is 5.76 Å². The fourth-order valence-corrected chi connectivity index (χ4v) is 2.44. The fourth-order valence-electron chi connectivity index (χ4n) is 2.44. The first-order valence-corrected chi connectivity index (χ1v) is 8.01. The Bertz CT molecular complexity index is 849. The van der Waals surface area contributed by atoms with Crippen LogP contribution in [0.25, 0.3) is 11.3 Å². The normalized spacial score (nSPS) is 13.4. The van der Waals surface area contributed by atoms with E-state index in [2.05, 4.69) is 10.5 Å². The molecule has 0 saturated carbocycles. The number of nitrogens with one attached hydrogen (secondary N) is 1. The molecule has 0 unspecified atom stereocenters. The number of hydrogen-bond acceptors (Lipinski definition) is 5. The van der Waals surface area contributed by atoms with Crippen LogP contribution in [0.3, 0.4) is 0 Å². The predicted octanol–water partition coefficient (Wildman–Crippen LogP) is 2.81. The molecule has 2 N–H and O–H groups in total. The number of amides is 1. The molecule has 0 saturated heterocycles. The zero-order valence-corrected chi connectivity index (χ0v) is 14.2.